The van der Waals surface area contributed by atoms with Gasteiger partial charge in [0, 0.05) is 18.5 Å². The van der Waals surface area contributed by atoms with Crippen LogP contribution in [-0.2, 0) is 26.8 Å². The first-order chi connectivity index (χ1) is 10.4. The molecule has 0 spiro atoms. The smallest absolute Gasteiger partial charge is 0.240 e. The molecule has 124 valence electrons. The van der Waals surface area contributed by atoms with E-state index in [4.69, 9.17) is 0 Å². The molecular weight excluding hydrogens is 320 g/mol. The number of hydrogen-bond donors (Lipinski definition) is 0. The van der Waals surface area contributed by atoms with Gasteiger partial charge in [-0.3, -0.25) is 4.79 Å². The van der Waals surface area contributed by atoms with Crippen molar-refractivity contribution in [3.8, 4) is 0 Å². The van der Waals surface area contributed by atoms with E-state index in [1.165, 1.54) is 18.3 Å². The van der Waals surface area contributed by atoms with E-state index in [9.17, 15) is 13.2 Å². The molecule has 2 rings (SSSR count). The summed E-state index contributed by atoms with van der Waals surface area (Å²) in [6, 6.07) is 0. The first kappa shape index (κ1) is 17.4. The Morgan fingerprint density at radius 1 is 1.32 bits per heavy atom. The Bertz CT molecular complexity index is 602. The second-order valence-corrected chi connectivity index (χ2v) is 9.04. The molecule has 1 aromatic rings. The lowest BCUT2D eigenvalue weighted by atomic mass is 10.2. The molecular formula is C15H24N2O3S2. The molecule has 0 bridgehead atoms. The van der Waals surface area contributed by atoms with Crippen molar-refractivity contribution in [3.63, 3.8) is 0 Å². The van der Waals surface area contributed by atoms with Gasteiger partial charge >= 0.3 is 0 Å². The Hall–Kier alpha value is -0.950. The molecule has 0 aliphatic carbocycles. The van der Waals surface area contributed by atoms with Gasteiger partial charge in [0.25, 0.3) is 0 Å². The van der Waals surface area contributed by atoms with E-state index in [0.29, 0.717) is 18.8 Å². The average Bonchev–Trinajstić information content (AvgIpc) is 2.76. The highest BCUT2D eigenvalue weighted by atomic mass is 32.2. The number of aromatic nitrogens is 1. The monoisotopic (exact) mass is 344 g/mol. The third kappa shape index (κ3) is 4.29. The summed E-state index contributed by atoms with van der Waals surface area (Å²) in [5, 5.41) is 1.72. The molecule has 1 aliphatic rings. The molecule has 0 saturated carbocycles. The third-order valence-electron chi connectivity index (χ3n) is 4.06. The second kappa shape index (κ2) is 7.55. The van der Waals surface area contributed by atoms with Crippen molar-refractivity contribution < 1.29 is 13.2 Å². The van der Waals surface area contributed by atoms with Crippen LogP contribution in [0.4, 0.5) is 0 Å². The SMILES string of the molecule is CCc1nc(CS(=O)(=O)C(C)C(=O)N2CCCCCC2)cs1. The van der Waals surface area contributed by atoms with Crippen molar-refractivity contribution in [3.05, 3.63) is 16.1 Å². The summed E-state index contributed by atoms with van der Waals surface area (Å²) in [7, 11) is -3.52. The van der Waals surface area contributed by atoms with Gasteiger partial charge in [-0.2, -0.15) is 0 Å². The van der Waals surface area contributed by atoms with E-state index in [-0.39, 0.29) is 11.7 Å². The van der Waals surface area contributed by atoms with Crippen LogP contribution in [0.3, 0.4) is 0 Å². The number of hydrogen-bond acceptors (Lipinski definition) is 5. The van der Waals surface area contributed by atoms with E-state index < -0.39 is 15.1 Å². The highest BCUT2D eigenvalue weighted by Crippen LogP contribution is 2.18. The predicted octanol–water partition coefficient (Wildman–Crippen LogP) is 2.41. The minimum atomic E-state index is -3.52. The minimum Gasteiger partial charge on any atom is -0.342 e. The molecule has 0 aromatic carbocycles. The standard InChI is InChI=1S/C15H24N2O3S2/c1-3-14-16-13(10-21-14)11-22(19,20)12(2)15(18)17-8-6-4-5-7-9-17/h10,12H,3-9,11H2,1-2H3. The maximum Gasteiger partial charge on any atom is 0.240 e. The van der Waals surface area contributed by atoms with Gasteiger partial charge in [-0.1, -0.05) is 19.8 Å². The molecule has 1 saturated heterocycles. The quantitative estimate of drug-likeness (QED) is 0.823. The van der Waals surface area contributed by atoms with Crippen molar-refractivity contribution >= 4 is 27.1 Å². The molecule has 2 heterocycles. The lowest BCUT2D eigenvalue weighted by molar-refractivity contribution is -0.130. The molecule has 7 heteroatoms. The van der Waals surface area contributed by atoms with Gasteiger partial charge in [0.2, 0.25) is 5.91 Å². The van der Waals surface area contributed by atoms with Crippen molar-refractivity contribution in [2.75, 3.05) is 13.1 Å². The highest BCUT2D eigenvalue weighted by molar-refractivity contribution is 7.92. The molecule has 1 fully saturated rings. The van der Waals surface area contributed by atoms with E-state index in [1.54, 1.807) is 10.3 Å². The molecule has 0 radical (unpaired) electrons. The Morgan fingerprint density at radius 3 is 2.50 bits per heavy atom. The summed E-state index contributed by atoms with van der Waals surface area (Å²) in [6.45, 7) is 4.85. The van der Waals surface area contributed by atoms with Crippen LogP contribution >= 0.6 is 11.3 Å². The van der Waals surface area contributed by atoms with Crippen molar-refractivity contribution in [2.45, 2.75) is 57.0 Å². The number of aryl methyl sites for hydroxylation is 1. The van der Waals surface area contributed by atoms with Crippen molar-refractivity contribution in [1.29, 1.82) is 0 Å². The van der Waals surface area contributed by atoms with Crippen LogP contribution in [0.1, 0.15) is 50.2 Å². The average molecular weight is 345 g/mol. The predicted molar refractivity (Wildman–Crippen MR) is 88.6 cm³/mol. The van der Waals surface area contributed by atoms with Crippen LogP contribution in [0.5, 0.6) is 0 Å². The van der Waals surface area contributed by atoms with Crippen LogP contribution in [0.2, 0.25) is 0 Å². The zero-order chi connectivity index (χ0) is 16.2. The van der Waals surface area contributed by atoms with Crippen molar-refractivity contribution in [2.24, 2.45) is 0 Å². The number of amides is 1. The first-order valence-corrected chi connectivity index (χ1v) is 10.5. The molecule has 0 N–H and O–H groups in total. The fourth-order valence-electron chi connectivity index (χ4n) is 2.61. The van der Waals surface area contributed by atoms with Crippen LogP contribution < -0.4 is 0 Å². The third-order valence-corrected chi connectivity index (χ3v) is 7.07. The Kier molecular flexibility index (Phi) is 5.97. The lowest BCUT2D eigenvalue weighted by Crippen LogP contribution is -2.42. The summed E-state index contributed by atoms with van der Waals surface area (Å²) in [4.78, 5) is 18.5. The number of nitrogens with zero attached hydrogens (tertiary/aromatic N) is 2. The summed E-state index contributed by atoms with van der Waals surface area (Å²) in [5.74, 6) is -0.405. The Morgan fingerprint density at radius 2 is 1.95 bits per heavy atom. The van der Waals surface area contributed by atoms with E-state index in [1.807, 2.05) is 6.92 Å². The van der Waals surface area contributed by atoms with Crippen molar-refractivity contribution in [1.82, 2.24) is 9.88 Å². The maximum absolute atomic E-state index is 12.5. The minimum absolute atomic E-state index is 0.149. The number of rotatable bonds is 5. The van der Waals surface area contributed by atoms with Gasteiger partial charge in [-0.05, 0) is 26.2 Å². The van der Waals surface area contributed by atoms with Gasteiger partial charge in [0.05, 0.1) is 16.5 Å². The number of sulfone groups is 1. The highest BCUT2D eigenvalue weighted by Gasteiger charge is 2.32. The molecule has 1 atom stereocenters. The maximum atomic E-state index is 12.5. The number of carbonyl (C=O) groups is 1. The van der Waals surface area contributed by atoms with Crippen LogP contribution in [0.25, 0.3) is 0 Å². The fraction of sp³-hybridized carbons (Fsp3) is 0.733. The lowest BCUT2D eigenvalue weighted by Gasteiger charge is -2.23. The fourth-order valence-corrected chi connectivity index (χ4v) is 4.73. The molecule has 1 amide bonds. The number of carbonyl (C=O) groups excluding carboxylic acids is 1. The zero-order valence-corrected chi connectivity index (χ0v) is 14.9. The topological polar surface area (TPSA) is 67.3 Å². The van der Waals surface area contributed by atoms with Gasteiger partial charge in [0.1, 0.15) is 5.25 Å². The molecule has 1 aliphatic heterocycles. The molecule has 5 nitrogen and oxygen atoms in total. The van der Waals surface area contributed by atoms with E-state index >= 15 is 0 Å². The summed E-state index contributed by atoms with van der Waals surface area (Å²) in [6.07, 6.45) is 4.95. The van der Waals surface area contributed by atoms with Crippen LogP contribution in [0.15, 0.2) is 5.38 Å². The first-order valence-electron chi connectivity index (χ1n) is 7.87. The van der Waals surface area contributed by atoms with E-state index in [0.717, 1.165) is 37.1 Å². The molecule has 1 unspecified atom stereocenters. The van der Waals surface area contributed by atoms with Gasteiger partial charge in [-0.15, -0.1) is 11.3 Å². The van der Waals surface area contributed by atoms with Gasteiger partial charge < -0.3 is 4.90 Å². The summed E-state index contributed by atoms with van der Waals surface area (Å²) < 4.78 is 25.0. The second-order valence-electron chi connectivity index (χ2n) is 5.78. The summed E-state index contributed by atoms with van der Waals surface area (Å²) in [5.41, 5.74) is 0.553. The van der Waals surface area contributed by atoms with E-state index in [2.05, 4.69) is 4.98 Å². The number of thiazole rings is 1. The van der Waals surface area contributed by atoms with Crippen LogP contribution in [-0.4, -0.2) is 42.5 Å². The number of likely N-dealkylation sites (tertiary alicyclic amines) is 1. The van der Waals surface area contributed by atoms with Gasteiger partial charge in [0.15, 0.2) is 9.84 Å². The molecule has 1 aromatic heterocycles. The normalized spacial score (nSPS) is 18.0. The zero-order valence-electron chi connectivity index (χ0n) is 13.2. The Balaban J connectivity index is 2.05. The summed E-state index contributed by atoms with van der Waals surface area (Å²) >= 11 is 1.47. The van der Waals surface area contributed by atoms with Crippen LogP contribution in [0, 0.1) is 0 Å². The Labute approximate surface area is 136 Å². The largest absolute Gasteiger partial charge is 0.342 e. The molecule has 22 heavy (non-hydrogen) atoms. The van der Waals surface area contributed by atoms with Gasteiger partial charge in [-0.25, -0.2) is 13.4 Å².